The molecule has 0 spiro atoms. The Labute approximate surface area is 182 Å². The van der Waals surface area contributed by atoms with Gasteiger partial charge in [0.25, 0.3) is 5.91 Å². The maximum atomic E-state index is 14.0. The zero-order valence-corrected chi connectivity index (χ0v) is 18.4. The lowest BCUT2D eigenvalue weighted by molar-refractivity contribution is 0.0983. The first-order chi connectivity index (χ1) is 15.0. The minimum atomic E-state index is 0.0111. The third-order valence-corrected chi connectivity index (χ3v) is 6.18. The summed E-state index contributed by atoms with van der Waals surface area (Å²) in [6, 6.07) is 18.5. The summed E-state index contributed by atoms with van der Waals surface area (Å²) in [7, 11) is 0. The summed E-state index contributed by atoms with van der Waals surface area (Å²) in [5.74, 6) is 0.0111. The number of aromatic nitrogens is 3. The molecule has 5 nitrogen and oxygen atoms in total. The molecule has 5 rings (SSSR count). The number of para-hydroxylation sites is 1. The largest absolute Gasteiger partial charge is 0.305 e. The van der Waals surface area contributed by atoms with E-state index in [1.54, 1.807) is 0 Å². The molecule has 0 aliphatic carbocycles. The van der Waals surface area contributed by atoms with Gasteiger partial charge in [-0.25, -0.2) is 9.67 Å². The summed E-state index contributed by atoms with van der Waals surface area (Å²) in [6.45, 7) is 8.88. The van der Waals surface area contributed by atoms with Crippen molar-refractivity contribution < 1.29 is 4.79 Å². The Balaban J connectivity index is 1.73. The minimum Gasteiger partial charge on any atom is -0.305 e. The molecule has 2 aromatic carbocycles. The van der Waals surface area contributed by atoms with Crippen molar-refractivity contribution in [3.8, 4) is 11.3 Å². The van der Waals surface area contributed by atoms with Crippen molar-refractivity contribution in [2.75, 3.05) is 4.90 Å². The van der Waals surface area contributed by atoms with Gasteiger partial charge in [0.2, 0.25) is 0 Å². The summed E-state index contributed by atoms with van der Waals surface area (Å²) in [6.07, 6.45) is 0.869. The number of nitrogens with zero attached hydrogens (tertiary/aromatic N) is 4. The number of amides is 1. The third kappa shape index (κ3) is 3.12. The Hall–Kier alpha value is -3.47. The van der Waals surface area contributed by atoms with E-state index >= 15 is 0 Å². The van der Waals surface area contributed by atoms with Gasteiger partial charge < -0.3 is 4.90 Å². The lowest BCUT2D eigenvalue weighted by Crippen LogP contribution is -2.36. The van der Waals surface area contributed by atoms with Crippen LogP contribution in [0.4, 0.5) is 5.69 Å². The molecule has 0 saturated carbocycles. The first-order valence-corrected chi connectivity index (χ1v) is 10.8. The second kappa shape index (κ2) is 7.34. The molecule has 4 aromatic rings. The minimum absolute atomic E-state index is 0.0111. The number of hydrogen-bond donors (Lipinski definition) is 0. The molecule has 0 fully saturated rings. The van der Waals surface area contributed by atoms with Crippen LogP contribution >= 0.6 is 0 Å². The second-order valence-electron chi connectivity index (χ2n) is 8.38. The predicted octanol–water partition coefficient (Wildman–Crippen LogP) is 5.33. The molecule has 5 heteroatoms. The molecule has 0 bridgehead atoms. The fraction of sp³-hybridized carbons (Fsp3) is 0.269. The zero-order chi connectivity index (χ0) is 21.7. The first kappa shape index (κ1) is 19.5. The van der Waals surface area contributed by atoms with Crippen molar-refractivity contribution in [2.45, 2.75) is 46.7 Å². The first-order valence-electron chi connectivity index (χ1n) is 10.8. The maximum Gasteiger partial charge on any atom is 0.259 e. The van der Waals surface area contributed by atoms with Crippen LogP contribution in [0.15, 0.2) is 54.6 Å². The van der Waals surface area contributed by atoms with Crippen molar-refractivity contribution in [1.29, 1.82) is 0 Å². The van der Waals surface area contributed by atoms with Gasteiger partial charge in [-0.15, -0.1) is 0 Å². The van der Waals surface area contributed by atoms with Gasteiger partial charge in [0.15, 0.2) is 5.65 Å². The number of hydrogen-bond acceptors (Lipinski definition) is 3. The van der Waals surface area contributed by atoms with Crippen LogP contribution in [0, 0.1) is 13.8 Å². The number of anilines is 1. The molecule has 1 aliphatic rings. The summed E-state index contributed by atoms with van der Waals surface area (Å²) in [4.78, 5) is 20.8. The van der Waals surface area contributed by atoms with E-state index in [2.05, 4.69) is 49.3 Å². The number of carbonyl (C=O) groups is 1. The van der Waals surface area contributed by atoms with Gasteiger partial charge in [0, 0.05) is 23.8 Å². The normalized spacial score (nSPS) is 15.5. The van der Waals surface area contributed by atoms with E-state index in [9.17, 15) is 4.79 Å². The van der Waals surface area contributed by atoms with Crippen molar-refractivity contribution in [3.05, 3.63) is 77.0 Å². The van der Waals surface area contributed by atoms with Crippen LogP contribution in [-0.2, 0) is 13.0 Å². The number of pyridine rings is 1. The highest BCUT2D eigenvalue weighted by Gasteiger charge is 2.33. The van der Waals surface area contributed by atoms with Crippen LogP contribution in [0.5, 0.6) is 0 Å². The molecule has 1 aliphatic heterocycles. The molecule has 1 unspecified atom stereocenters. The van der Waals surface area contributed by atoms with E-state index in [1.165, 1.54) is 11.1 Å². The van der Waals surface area contributed by atoms with E-state index in [-0.39, 0.29) is 11.9 Å². The average Bonchev–Trinajstić information content (AvgIpc) is 3.28. The summed E-state index contributed by atoms with van der Waals surface area (Å²) < 4.78 is 1.89. The van der Waals surface area contributed by atoms with Crippen LogP contribution in [-0.4, -0.2) is 26.7 Å². The Morgan fingerprint density at radius 1 is 1.10 bits per heavy atom. The average molecular weight is 411 g/mol. The van der Waals surface area contributed by atoms with Gasteiger partial charge in [-0.3, -0.25) is 4.79 Å². The molecule has 31 heavy (non-hydrogen) atoms. The molecule has 1 atom stereocenters. The zero-order valence-electron chi connectivity index (χ0n) is 18.4. The monoisotopic (exact) mass is 410 g/mol. The highest BCUT2D eigenvalue weighted by atomic mass is 16.2. The van der Waals surface area contributed by atoms with E-state index in [4.69, 9.17) is 4.98 Å². The lowest BCUT2D eigenvalue weighted by atomic mass is 10.0. The van der Waals surface area contributed by atoms with Crippen molar-refractivity contribution in [3.63, 3.8) is 0 Å². The fourth-order valence-corrected chi connectivity index (χ4v) is 4.62. The molecule has 0 saturated heterocycles. The van der Waals surface area contributed by atoms with Crippen LogP contribution in [0.25, 0.3) is 22.3 Å². The smallest absolute Gasteiger partial charge is 0.259 e. The molecule has 0 radical (unpaired) electrons. The Morgan fingerprint density at radius 3 is 2.58 bits per heavy atom. The molecule has 1 amide bonds. The molecule has 3 heterocycles. The van der Waals surface area contributed by atoms with E-state index in [1.807, 2.05) is 47.7 Å². The van der Waals surface area contributed by atoms with Crippen molar-refractivity contribution in [2.24, 2.45) is 0 Å². The lowest BCUT2D eigenvalue weighted by Gasteiger charge is -2.23. The Bertz CT molecular complexity index is 1300. The van der Waals surface area contributed by atoms with Gasteiger partial charge in [0.05, 0.1) is 22.3 Å². The van der Waals surface area contributed by atoms with Crippen LogP contribution in [0.1, 0.15) is 41.0 Å². The van der Waals surface area contributed by atoms with E-state index in [0.29, 0.717) is 12.1 Å². The quantitative estimate of drug-likeness (QED) is 0.459. The van der Waals surface area contributed by atoms with Crippen molar-refractivity contribution >= 4 is 22.6 Å². The molecule has 156 valence electrons. The number of carbonyl (C=O) groups excluding carboxylic acids is 1. The standard InChI is InChI=1S/C26H26N4O/c1-5-29-25-24(18(4)28-29)21(15-22(27-25)19-12-10-16(2)11-13-19)26(31)30-17(3)14-20-8-6-7-9-23(20)30/h6-13,15,17H,5,14H2,1-4H3. The van der Waals surface area contributed by atoms with Gasteiger partial charge in [-0.05, 0) is 51.8 Å². The number of rotatable bonds is 3. The Kier molecular flexibility index (Phi) is 4.62. The predicted molar refractivity (Wildman–Crippen MR) is 125 cm³/mol. The molecule has 2 aromatic heterocycles. The van der Waals surface area contributed by atoms with Gasteiger partial charge >= 0.3 is 0 Å². The van der Waals surface area contributed by atoms with E-state index < -0.39 is 0 Å². The molecule has 0 N–H and O–H groups in total. The summed E-state index contributed by atoms with van der Waals surface area (Å²) in [5, 5.41) is 5.52. The number of aryl methyl sites for hydroxylation is 3. The fourth-order valence-electron chi connectivity index (χ4n) is 4.62. The van der Waals surface area contributed by atoms with Crippen molar-refractivity contribution in [1.82, 2.24) is 14.8 Å². The van der Waals surface area contributed by atoms with Gasteiger partial charge in [0.1, 0.15) is 0 Å². The maximum absolute atomic E-state index is 14.0. The summed E-state index contributed by atoms with van der Waals surface area (Å²) in [5.41, 5.74) is 7.48. The topological polar surface area (TPSA) is 51.0 Å². The third-order valence-electron chi connectivity index (χ3n) is 6.18. The van der Waals surface area contributed by atoms with Crippen LogP contribution in [0.2, 0.25) is 0 Å². The SMILES string of the molecule is CCn1nc(C)c2c(C(=O)N3c4ccccc4CC3C)cc(-c3ccc(C)cc3)nc21. The Morgan fingerprint density at radius 2 is 1.84 bits per heavy atom. The molecular formula is C26H26N4O. The highest BCUT2D eigenvalue weighted by molar-refractivity contribution is 6.15. The van der Waals surface area contributed by atoms with Crippen LogP contribution < -0.4 is 4.90 Å². The van der Waals surface area contributed by atoms with Gasteiger partial charge in [-0.1, -0.05) is 48.0 Å². The van der Waals surface area contributed by atoms with E-state index in [0.717, 1.165) is 40.1 Å². The summed E-state index contributed by atoms with van der Waals surface area (Å²) >= 11 is 0. The second-order valence-corrected chi connectivity index (χ2v) is 8.38. The molecular weight excluding hydrogens is 384 g/mol. The van der Waals surface area contributed by atoms with Crippen LogP contribution in [0.3, 0.4) is 0 Å². The van der Waals surface area contributed by atoms with Gasteiger partial charge in [-0.2, -0.15) is 5.10 Å². The highest BCUT2D eigenvalue weighted by Crippen LogP contribution is 2.35. The number of fused-ring (bicyclic) bond motifs is 2. The number of benzene rings is 2.